The van der Waals surface area contributed by atoms with Crippen molar-refractivity contribution in [3.8, 4) is 0 Å². The number of benzene rings is 3. The number of ketones is 1. The third-order valence-corrected chi connectivity index (χ3v) is 11.0. The Morgan fingerprint density at radius 2 is 1.11 bits per heavy atom. The molecule has 0 saturated carbocycles. The minimum absolute atomic E-state index is 0.0226. The molecule has 0 amide bonds. The molecule has 0 saturated heterocycles. The predicted molar refractivity (Wildman–Crippen MR) is 123 cm³/mol. The molecule has 0 N–H and O–H groups in total. The first kappa shape index (κ1) is 20.0. The Labute approximate surface area is 169 Å². The summed E-state index contributed by atoms with van der Waals surface area (Å²) in [6.45, 7) is 8.59. The second-order valence-electron chi connectivity index (χ2n) is 8.27. The van der Waals surface area contributed by atoms with Gasteiger partial charge in [0.15, 0.2) is 5.78 Å². The Bertz CT molecular complexity index is 912. The van der Waals surface area contributed by atoms with Gasteiger partial charge in [-0.3, -0.25) is 4.79 Å². The normalized spacial score (nSPS) is 12.6. The molecule has 142 valence electrons. The van der Waals surface area contributed by atoms with E-state index in [9.17, 15) is 4.79 Å². The number of rotatable bonds is 5. The fourth-order valence-electron chi connectivity index (χ4n) is 4.04. The second kappa shape index (κ2) is 8.11. The molecular weight excluding hydrogens is 356 g/mol. The van der Waals surface area contributed by atoms with E-state index in [0.29, 0.717) is 0 Å². The van der Waals surface area contributed by atoms with Crippen LogP contribution in [0.1, 0.15) is 33.3 Å². The van der Waals surface area contributed by atoms with E-state index in [0.717, 1.165) is 11.1 Å². The first-order valence-electron chi connectivity index (χ1n) is 9.76. The average Bonchev–Trinajstić information content (AvgIpc) is 2.70. The van der Waals surface area contributed by atoms with E-state index in [1.165, 1.54) is 10.4 Å². The third-order valence-electron chi connectivity index (χ3n) is 5.47. The summed E-state index contributed by atoms with van der Waals surface area (Å²) in [7, 11) is -2.44. The van der Waals surface area contributed by atoms with E-state index in [1.54, 1.807) is 6.92 Å². The zero-order valence-electron chi connectivity index (χ0n) is 17.1. The summed E-state index contributed by atoms with van der Waals surface area (Å²) in [4.78, 5) is 12.8. The van der Waals surface area contributed by atoms with Gasteiger partial charge < -0.3 is 0 Å². The molecule has 0 aromatic heterocycles. The molecule has 0 radical (unpaired) electrons. The molecular formula is C26H28OSi. The highest BCUT2D eigenvalue weighted by Gasteiger charge is 2.46. The largest absolute Gasteiger partial charge is 0.295 e. The first-order chi connectivity index (χ1) is 13.4. The van der Waals surface area contributed by atoms with Crippen molar-refractivity contribution in [2.24, 2.45) is 0 Å². The highest BCUT2D eigenvalue weighted by molar-refractivity contribution is 7.08. The van der Waals surface area contributed by atoms with Crippen LogP contribution in [0.4, 0.5) is 0 Å². The Morgan fingerprint density at radius 3 is 1.46 bits per heavy atom. The average molecular weight is 385 g/mol. The highest BCUT2D eigenvalue weighted by atomic mass is 28.3. The molecule has 0 unspecified atom stereocenters. The maximum absolute atomic E-state index is 12.8. The van der Waals surface area contributed by atoms with Crippen LogP contribution >= 0.6 is 0 Å². The Hall–Kier alpha value is -2.71. The molecule has 3 aromatic rings. The molecule has 0 atom stereocenters. The van der Waals surface area contributed by atoms with Crippen LogP contribution in [0.15, 0.2) is 96.7 Å². The molecule has 28 heavy (non-hydrogen) atoms. The molecule has 0 aliphatic heterocycles. The van der Waals surface area contributed by atoms with E-state index in [2.05, 4.69) is 87.1 Å². The number of hydrogen-bond donors (Lipinski definition) is 0. The lowest BCUT2D eigenvalue weighted by molar-refractivity contribution is -0.111. The van der Waals surface area contributed by atoms with Crippen LogP contribution in [0.25, 0.3) is 5.57 Å². The summed E-state index contributed by atoms with van der Waals surface area (Å²) < 4.78 is 0. The molecule has 3 rings (SSSR count). The van der Waals surface area contributed by atoms with Gasteiger partial charge in [0.25, 0.3) is 0 Å². The maximum Gasteiger partial charge on any atom is 0.159 e. The Kier molecular flexibility index (Phi) is 5.81. The van der Waals surface area contributed by atoms with Crippen molar-refractivity contribution in [1.82, 2.24) is 0 Å². The fourth-order valence-corrected chi connectivity index (χ4v) is 9.11. The second-order valence-corrected chi connectivity index (χ2v) is 12.8. The summed E-state index contributed by atoms with van der Waals surface area (Å²) in [5, 5.41) is 2.62. The van der Waals surface area contributed by atoms with Gasteiger partial charge in [0.1, 0.15) is 8.07 Å². The molecule has 1 nitrogen and oxygen atoms in total. The van der Waals surface area contributed by atoms with Gasteiger partial charge in [-0.2, -0.15) is 0 Å². The predicted octanol–water partition coefficient (Wildman–Crippen LogP) is 5.26. The minimum atomic E-state index is -2.44. The Morgan fingerprint density at radius 1 is 0.714 bits per heavy atom. The van der Waals surface area contributed by atoms with Crippen molar-refractivity contribution < 1.29 is 4.79 Å². The number of Topliss-reactive ketones (excluding diaryl/α,β-unsaturated/α-hetero) is 1. The smallest absolute Gasteiger partial charge is 0.159 e. The van der Waals surface area contributed by atoms with Gasteiger partial charge >= 0.3 is 0 Å². The third kappa shape index (κ3) is 3.78. The van der Waals surface area contributed by atoms with Crippen molar-refractivity contribution in [3.63, 3.8) is 0 Å². The molecule has 0 bridgehead atoms. The van der Waals surface area contributed by atoms with Gasteiger partial charge in [0, 0.05) is 5.57 Å². The SMILES string of the molecule is CC(=O)/C(=C\[Si](c1ccccc1)(c1ccccc1)C(C)(C)C)c1ccccc1. The summed E-state index contributed by atoms with van der Waals surface area (Å²) in [6.07, 6.45) is 0. The number of carbonyl (C=O) groups excluding carboxylic acids is 1. The van der Waals surface area contributed by atoms with Crippen LogP contribution in [0, 0.1) is 0 Å². The van der Waals surface area contributed by atoms with Gasteiger partial charge in [-0.25, -0.2) is 0 Å². The van der Waals surface area contributed by atoms with Crippen LogP contribution < -0.4 is 10.4 Å². The molecule has 0 fully saturated rings. The standard InChI is InChI=1S/C26H28OSi/c1-21(27)25(22-14-8-5-9-15-22)20-28(26(2,3)4,23-16-10-6-11-17-23)24-18-12-7-13-19-24/h5-20H,1-4H3/b25-20+. The van der Waals surface area contributed by atoms with Crippen molar-refractivity contribution >= 4 is 29.8 Å². The molecule has 3 aromatic carbocycles. The summed E-state index contributed by atoms with van der Waals surface area (Å²) in [6, 6.07) is 31.5. The molecule has 0 spiro atoms. The minimum Gasteiger partial charge on any atom is -0.295 e. The van der Waals surface area contributed by atoms with E-state index in [-0.39, 0.29) is 10.8 Å². The van der Waals surface area contributed by atoms with Crippen LogP contribution in [-0.4, -0.2) is 13.9 Å². The molecule has 0 aliphatic carbocycles. The van der Waals surface area contributed by atoms with Crippen molar-refractivity contribution in [1.29, 1.82) is 0 Å². The highest BCUT2D eigenvalue weighted by Crippen LogP contribution is 2.38. The maximum atomic E-state index is 12.8. The monoisotopic (exact) mass is 384 g/mol. The summed E-state index contributed by atoms with van der Waals surface area (Å²) in [5.41, 5.74) is 4.13. The lowest BCUT2D eigenvalue weighted by atomic mass is 10.1. The summed E-state index contributed by atoms with van der Waals surface area (Å²) in [5.74, 6) is 0.110. The molecule has 0 aliphatic rings. The van der Waals surface area contributed by atoms with Gasteiger partial charge in [0.05, 0.1) is 0 Å². The van der Waals surface area contributed by atoms with E-state index >= 15 is 0 Å². The molecule has 0 heterocycles. The number of carbonyl (C=O) groups is 1. The van der Waals surface area contributed by atoms with Crippen LogP contribution in [-0.2, 0) is 4.79 Å². The van der Waals surface area contributed by atoms with Gasteiger partial charge in [-0.15, -0.1) is 0 Å². The van der Waals surface area contributed by atoms with E-state index in [1.807, 2.05) is 30.3 Å². The van der Waals surface area contributed by atoms with Crippen molar-refractivity contribution in [2.45, 2.75) is 32.7 Å². The van der Waals surface area contributed by atoms with Crippen molar-refractivity contribution in [3.05, 3.63) is 102 Å². The number of allylic oxidation sites excluding steroid dienone is 1. The van der Waals surface area contributed by atoms with Gasteiger partial charge in [-0.1, -0.05) is 117 Å². The fraction of sp³-hybridized carbons (Fsp3) is 0.192. The number of hydrogen-bond acceptors (Lipinski definition) is 1. The zero-order valence-corrected chi connectivity index (χ0v) is 18.1. The van der Waals surface area contributed by atoms with E-state index in [4.69, 9.17) is 0 Å². The van der Waals surface area contributed by atoms with Crippen LogP contribution in [0.5, 0.6) is 0 Å². The first-order valence-corrected chi connectivity index (χ1v) is 11.8. The quantitative estimate of drug-likeness (QED) is 0.433. The van der Waals surface area contributed by atoms with Gasteiger partial charge in [-0.05, 0) is 27.9 Å². The van der Waals surface area contributed by atoms with Gasteiger partial charge in [0.2, 0.25) is 0 Å². The van der Waals surface area contributed by atoms with Crippen LogP contribution in [0.2, 0.25) is 5.04 Å². The molecule has 2 heteroatoms. The van der Waals surface area contributed by atoms with E-state index < -0.39 is 8.07 Å². The lowest BCUT2D eigenvalue weighted by Gasteiger charge is -2.42. The van der Waals surface area contributed by atoms with Crippen molar-refractivity contribution in [2.75, 3.05) is 0 Å². The summed E-state index contributed by atoms with van der Waals surface area (Å²) >= 11 is 0. The Balaban J connectivity index is 2.40. The topological polar surface area (TPSA) is 17.1 Å². The zero-order chi connectivity index (χ0) is 20.2. The van der Waals surface area contributed by atoms with Crippen LogP contribution in [0.3, 0.4) is 0 Å². The lowest BCUT2D eigenvalue weighted by Crippen LogP contribution is -2.63.